The summed E-state index contributed by atoms with van der Waals surface area (Å²) in [6.07, 6.45) is 0. The van der Waals surface area contributed by atoms with Crippen LogP contribution in [0.4, 0.5) is 5.69 Å². The smallest absolute Gasteiger partial charge is 0.337 e. The first-order valence-electron chi connectivity index (χ1n) is 6.13. The Kier molecular flexibility index (Phi) is 4.99. The van der Waals surface area contributed by atoms with Crippen molar-refractivity contribution >= 4 is 46.5 Å². The van der Waals surface area contributed by atoms with Gasteiger partial charge in [0.05, 0.1) is 16.6 Å². The molecule has 0 aliphatic heterocycles. The predicted molar refractivity (Wildman–Crippen MR) is 86.9 cm³/mol. The number of aromatic carboxylic acids is 1. The molecular formula is C15H12Cl3NO2. The minimum atomic E-state index is -1.07. The van der Waals surface area contributed by atoms with Crippen LogP contribution in [0.1, 0.15) is 28.9 Å². The van der Waals surface area contributed by atoms with Gasteiger partial charge >= 0.3 is 5.97 Å². The fraction of sp³-hybridized carbons (Fsp3) is 0.133. The van der Waals surface area contributed by atoms with Gasteiger partial charge in [0.1, 0.15) is 0 Å². The van der Waals surface area contributed by atoms with Crippen LogP contribution in [0, 0.1) is 0 Å². The van der Waals surface area contributed by atoms with Crippen molar-refractivity contribution < 1.29 is 9.90 Å². The van der Waals surface area contributed by atoms with Crippen molar-refractivity contribution in [1.82, 2.24) is 0 Å². The summed E-state index contributed by atoms with van der Waals surface area (Å²) in [5.74, 6) is -1.07. The van der Waals surface area contributed by atoms with Crippen LogP contribution in [-0.2, 0) is 0 Å². The second-order valence-electron chi connectivity index (χ2n) is 4.53. The predicted octanol–water partition coefficient (Wildman–Crippen LogP) is 5.52. The number of carboxylic acids is 1. The normalized spacial score (nSPS) is 12.0. The van der Waals surface area contributed by atoms with Crippen LogP contribution in [0.15, 0.2) is 36.4 Å². The molecule has 2 aromatic rings. The van der Waals surface area contributed by atoms with Crippen LogP contribution in [0.2, 0.25) is 15.1 Å². The molecule has 3 nitrogen and oxygen atoms in total. The SMILES string of the molecule is CC(Nc1ccc(Cl)c(C(=O)O)c1)c1cc(Cl)ccc1Cl. The van der Waals surface area contributed by atoms with Gasteiger partial charge in [0.2, 0.25) is 0 Å². The van der Waals surface area contributed by atoms with Gasteiger partial charge in [0, 0.05) is 15.7 Å². The molecular weight excluding hydrogens is 333 g/mol. The highest BCUT2D eigenvalue weighted by Gasteiger charge is 2.13. The third kappa shape index (κ3) is 3.82. The number of hydrogen-bond donors (Lipinski definition) is 2. The lowest BCUT2D eigenvalue weighted by Crippen LogP contribution is -2.08. The first-order chi connectivity index (χ1) is 9.88. The van der Waals surface area contributed by atoms with Crippen LogP contribution in [0.25, 0.3) is 0 Å². The lowest BCUT2D eigenvalue weighted by molar-refractivity contribution is 0.0697. The van der Waals surface area contributed by atoms with Gasteiger partial charge in [-0.05, 0) is 48.9 Å². The van der Waals surface area contributed by atoms with E-state index in [2.05, 4.69) is 5.32 Å². The van der Waals surface area contributed by atoms with Gasteiger partial charge in [-0.1, -0.05) is 34.8 Å². The quantitative estimate of drug-likeness (QED) is 0.768. The summed E-state index contributed by atoms with van der Waals surface area (Å²) in [6, 6.07) is 9.81. The monoisotopic (exact) mass is 343 g/mol. The van der Waals surface area contributed by atoms with E-state index in [-0.39, 0.29) is 16.6 Å². The molecule has 0 aromatic heterocycles. The summed E-state index contributed by atoms with van der Waals surface area (Å²) < 4.78 is 0. The molecule has 1 atom stereocenters. The van der Waals surface area contributed by atoms with Gasteiger partial charge in [0.25, 0.3) is 0 Å². The number of anilines is 1. The minimum absolute atomic E-state index is 0.0473. The molecule has 0 spiro atoms. The maximum Gasteiger partial charge on any atom is 0.337 e. The number of nitrogens with one attached hydrogen (secondary N) is 1. The van der Waals surface area contributed by atoms with E-state index in [0.29, 0.717) is 15.7 Å². The molecule has 110 valence electrons. The van der Waals surface area contributed by atoms with E-state index in [1.165, 1.54) is 6.07 Å². The Morgan fingerprint density at radius 2 is 1.76 bits per heavy atom. The number of hydrogen-bond acceptors (Lipinski definition) is 2. The summed E-state index contributed by atoms with van der Waals surface area (Å²) in [4.78, 5) is 11.1. The van der Waals surface area contributed by atoms with Crippen LogP contribution < -0.4 is 5.32 Å². The Morgan fingerprint density at radius 3 is 2.43 bits per heavy atom. The molecule has 2 N–H and O–H groups in total. The summed E-state index contributed by atoms with van der Waals surface area (Å²) in [5, 5.41) is 13.6. The Bertz CT molecular complexity index is 689. The summed E-state index contributed by atoms with van der Waals surface area (Å²) in [6.45, 7) is 1.91. The Labute approximate surface area is 137 Å². The van der Waals surface area contributed by atoms with Crippen molar-refractivity contribution in [3.05, 3.63) is 62.6 Å². The molecule has 2 aromatic carbocycles. The Morgan fingerprint density at radius 1 is 1.10 bits per heavy atom. The number of carbonyl (C=O) groups is 1. The highest BCUT2D eigenvalue weighted by Crippen LogP contribution is 2.29. The van der Waals surface area contributed by atoms with Crippen LogP contribution >= 0.6 is 34.8 Å². The number of rotatable bonds is 4. The van der Waals surface area contributed by atoms with Crippen LogP contribution in [0.3, 0.4) is 0 Å². The Balaban J connectivity index is 2.27. The van der Waals surface area contributed by atoms with Crippen molar-refractivity contribution in [2.75, 3.05) is 5.32 Å². The van der Waals surface area contributed by atoms with Gasteiger partial charge < -0.3 is 10.4 Å². The molecule has 0 saturated heterocycles. The van der Waals surface area contributed by atoms with E-state index < -0.39 is 5.97 Å². The highest BCUT2D eigenvalue weighted by molar-refractivity contribution is 6.34. The second-order valence-corrected chi connectivity index (χ2v) is 5.78. The van der Waals surface area contributed by atoms with Crippen LogP contribution in [0.5, 0.6) is 0 Å². The molecule has 6 heteroatoms. The molecule has 21 heavy (non-hydrogen) atoms. The maximum absolute atomic E-state index is 11.1. The maximum atomic E-state index is 11.1. The molecule has 0 saturated carbocycles. The first-order valence-corrected chi connectivity index (χ1v) is 7.26. The highest BCUT2D eigenvalue weighted by atomic mass is 35.5. The molecule has 1 unspecified atom stereocenters. The Hall–Kier alpha value is -1.42. The molecule has 0 aliphatic rings. The number of halogens is 3. The van der Waals surface area contributed by atoms with E-state index >= 15 is 0 Å². The van der Waals surface area contributed by atoms with Gasteiger partial charge in [0.15, 0.2) is 0 Å². The topological polar surface area (TPSA) is 49.3 Å². The van der Waals surface area contributed by atoms with Gasteiger partial charge in [-0.2, -0.15) is 0 Å². The minimum Gasteiger partial charge on any atom is -0.478 e. The standard InChI is InChI=1S/C15H12Cl3NO2/c1-8(11-6-9(16)2-4-13(11)17)19-10-3-5-14(18)12(7-10)15(20)21/h2-8,19H,1H3,(H,20,21). The van der Waals surface area contributed by atoms with Crippen molar-refractivity contribution in [3.63, 3.8) is 0 Å². The zero-order valence-electron chi connectivity index (χ0n) is 11.0. The molecule has 0 fully saturated rings. The number of carboxylic acid groups (broad SMARTS) is 1. The summed E-state index contributed by atoms with van der Waals surface area (Å²) in [5.41, 5.74) is 1.52. The second kappa shape index (κ2) is 6.56. The average Bonchev–Trinajstić information content (AvgIpc) is 2.43. The molecule has 0 bridgehead atoms. The fourth-order valence-corrected chi connectivity index (χ4v) is 2.61. The zero-order chi connectivity index (χ0) is 15.6. The summed E-state index contributed by atoms with van der Waals surface area (Å²) >= 11 is 18.0. The van der Waals surface area contributed by atoms with E-state index in [4.69, 9.17) is 39.9 Å². The lowest BCUT2D eigenvalue weighted by Gasteiger charge is -2.18. The molecule has 0 radical (unpaired) electrons. The van der Waals surface area contributed by atoms with Crippen molar-refractivity contribution in [1.29, 1.82) is 0 Å². The zero-order valence-corrected chi connectivity index (χ0v) is 13.3. The number of benzene rings is 2. The van der Waals surface area contributed by atoms with Crippen LogP contribution in [-0.4, -0.2) is 11.1 Å². The first kappa shape index (κ1) is 16.0. The van der Waals surface area contributed by atoms with Gasteiger partial charge in [-0.15, -0.1) is 0 Å². The van der Waals surface area contributed by atoms with E-state index in [1.54, 1.807) is 30.3 Å². The van der Waals surface area contributed by atoms with Crippen molar-refractivity contribution in [2.24, 2.45) is 0 Å². The molecule has 0 heterocycles. The third-order valence-corrected chi connectivity index (χ3v) is 3.91. The van der Waals surface area contributed by atoms with E-state index in [1.807, 2.05) is 6.92 Å². The van der Waals surface area contributed by atoms with Gasteiger partial charge in [-0.3, -0.25) is 0 Å². The van der Waals surface area contributed by atoms with Crippen molar-refractivity contribution in [2.45, 2.75) is 13.0 Å². The largest absolute Gasteiger partial charge is 0.478 e. The van der Waals surface area contributed by atoms with Crippen molar-refractivity contribution in [3.8, 4) is 0 Å². The molecule has 2 rings (SSSR count). The van der Waals surface area contributed by atoms with E-state index in [0.717, 1.165) is 5.56 Å². The summed E-state index contributed by atoms with van der Waals surface area (Å²) in [7, 11) is 0. The molecule has 0 aliphatic carbocycles. The third-order valence-electron chi connectivity index (χ3n) is 3.00. The molecule has 0 amide bonds. The van der Waals surface area contributed by atoms with E-state index in [9.17, 15) is 4.79 Å². The lowest BCUT2D eigenvalue weighted by atomic mass is 10.1. The fourth-order valence-electron chi connectivity index (χ4n) is 1.95. The van der Waals surface area contributed by atoms with Gasteiger partial charge in [-0.25, -0.2) is 4.79 Å². The average molecular weight is 345 g/mol.